The number of hydrogen-bond acceptors (Lipinski definition) is 6. The molecule has 0 aliphatic carbocycles. The van der Waals surface area contributed by atoms with Crippen molar-refractivity contribution >= 4 is 42.6 Å². The van der Waals surface area contributed by atoms with Crippen LogP contribution in [0.25, 0.3) is 22.3 Å². The van der Waals surface area contributed by atoms with Gasteiger partial charge in [0.15, 0.2) is 0 Å². The van der Waals surface area contributed by atoms with Crippen molar-refractivity contribution in [3.05, 3.63) is 89.2 Å². The third-order valence-corrected chi connectivity index (χ3v) is 11.0. The molecule has 1 aliphatic heterocycles. The summed E-state index contributed by atoms with van der Waals surface area (Å²) < 4.78 is 74.7. The van der Waals surface area contributed by atoms with Gasteiger partial charge in [0, 0.05) is 44.2 Å². The zero-order valence-electron chi connectivity index (χ0n) is 24.2. The Morgan fingerprint density at radius 3 is 2.42 bits per heavy atom. The summed E-state index contributed by atoms with van der Waals surface area (Å²) in [6.45, 7) is 0.544. The first-order chi connectivity index (χ1) is 20.4. The molecule has 0 unspecified atom stereocenters. The Bertz CT molecular complexity index is 1860. The minimum atomic E-state index is -3.71. The van der Waals surface area contributed by atoms with Gasteiger partial charge >= 0.3 is 0 Å². The third kappa shape index (κ3) is 6.46. The molecule has 1 fully saturated rings. The lowest BCUT2D eigenvalue weighted by molar-refractivity contribution is 0.0964. The highest BCUT2D eigenvalue weighted by Gasteiger charge is 2.33. The molecule has 1 saturated heterocycles. The molecule has 5 rings (SSSR count). The number of aryl methyl sites for hydroxylation is 1. The van der Waals surface area contributed by atoms with Crippen LogP contribution in [-0.4, -0.2) is 66.2 Å². The molecule has 0 radical (unpaired) electrons. The van der Waals surface area contributed by atoms with Gasteiger partial charge < -0.3 is 9.73 Å². The molecule has 1 atom stereocenters. The van der Waals surface area contributed by atoms with Crippen LogP contribution in [0, 0.1) is 5.82 Å². The minimum absolute atomic E-state index is 0.0392. The van der Waals surface area contributed by atoms with Crippen molar-refractivity contribution in [2.75, 3.05) is 43.5 Å². The number of anilines is 1. The van der Waals surface area contributed by atoms with E-state index in [1.165, 1.54) is 42.7 Å². The average Bonchev–Trinajstić information content (AvgIpc) is 3.37. The van der Waals surface area contributed by atoms with Crippen LogP contribution in [0.5, 0.6) is 0 Å². The summed E-state index contributed by atoms with van der Waals surface area (Å²) in [6, 6.07) is 18.3. The summed E-state index contributed by atoms with van der Waals surface area (Å²) in [5.74, 6) is -1.04. The monoisotopic (exact) mass is 627 g/mol. The van der Waals surface area contributed by atoms with Crippen molar-refractivity contribution in [3.8, 4) is 11.3 Å². The topological polar surface area (TPSA) is 117 Å². The number of nitrogens with one attached hydrogen (secondary N) is 1. The number of carbonyl (C=O) groups is 1. The maximum Gasteiger partial charge on any atom is 0.255 e. The van der Waals surface area contributed by atoms with Crippen molar-refractivity contribution in [1.29, 1.82) is 0 Å². The van der Waals surface area contributed by atoms with E-state index >= 15 is 0 Å². The van der Waals surface area contributed by atoms with Crippen LogP contribution < -0.4 is 9.62 Å². The quantitative estimate of drug-likeness (QED) is 0.287. The Balaban J connectivity index is 1.59. The average molecular weight is 628 g/mol. The van der Waals surface area contributed by atoms with Crippen molar-refractivity contribution in [3.63, 3.8) is 0 Å². The smallest absolute Gasteiger partial charge is 0.255 e. The molecule has 9 nitrogen and oxygen atoms in total. The molecule has 1 aliphatic rings. The van der Waals surface area contributed by atoms with E-state index < -0.39 is 31.8 Å². The molecular formula is C31H34FN3O6S2. The largest absolute Gasteiger partial charge is 0.455 e. The van der Waals surface area contributed by atoms with Crippen molar-refractivity contribution in [2.45, 2.75) is 25.2 Å². The van der Waals surface area contributed by atoms with E-state index in [1.807, 2.05) is 30.3 Å². The van der Waals surface area contributed by atoms with Gasteiger partial charge in [0.1, 0.15) is 17.2 Å². The first-order valence-corrected chi connectivity index (χ1v) is 17.4. The lowest BCUT2D eigenvalue weighted by Gasteiger charge is -2.34. The van der Waals surface area contributed by atoms with Gasteiger partial charge in [-0.1, -0.05) is 30.3 Å². The summed E-state index contributed by atoms with van der Waals surface area (Å²) in [5, 5.41) is 3.08. The van der Waals surface area contributed by atoms with E-state index in [0.717, 1.165) is 16.1 Å². The van der Waals surface area contributed by atoms with E-state index in [9.17, 15) is 26.0 Å². The maximum atomic E-state index is 13.7. The van der Waals surface area contributed by atoms with Crippen LogP contribution in [0.4, 0.5) is 10.1 Å². The number of halogens is 1. The molecule has 2 heterocycles. The maximum absolute atomic E-state index is 13.7. The summed E-state index contributed by atoms with van der Waals surface area (Å²) in [6.07, 6.45) is 2.68. The number of sulfonamides is 2. The predicted molar refractivity (Wildman–Crippen MR) is 166 cm³/mol. The highest BCUT2D eigenvalue weighted by molar-refractivity contribution is 7.92. The van der Waals surface area contributed by atoms with E-state index in [4.69, 9.17) is 4.42 Å². The lowest BCUT2D eigenvalue weighted by atomic mass is 9.89. The second-order valence-electron chi connectivity index (χ2n) is 10.8. The summed E-state index contributed by atoms with van der Waals surface area (Å²) in [4.78, 5) is 13.1. The Kier molecular flexibility index (Phi) is 8.64. The molecule has 12 heteroatoms. The molecule has 228 valence electrons. The van der Waals surface area contributed by atoms with Crippen LogP contribution in [0.15, 0.2) is 71.1 Å². The molecule has 0 spiro atoms. The van der Waals surface area contributed by atoms with Crippen LogP contribution in [-0.2, 0) is 26.5 Å². The van der Waals surface area contributed by atoms with E-state index in [0.29, 0.717) is 48.0 Å². The molecule has 3 aromatic carbocycles. The number of piperidine rings is 1. The van der Waals surface area contributed by atoms with Gasteiger partial charge in [-0.2, -0.15) is 0 Å². The summed E-state index contributed by atoms with van der Waals surface area (Å²) >= 11 is 0. The van der Waals surface area contributed by atoms with Crippen LogP contribution >= 0.6 is 0 Å². The molecule has 0 bridgehead atoms. The first-order valence-electron chi connectivity index (χ1n) is 13.9. The number of rotatable bonds is 9. The lowest BCUT2D eigenvalue weighted by Crippen LogP contribution is -2.41. The van der Waals surface area contributed by atoms with E-state index in [1.54, 1.807) is 12.1 Å². The number of nitrogens with zero attached hydrogens (tertiary/aromatic N) is 2. The normalized spacial score (nSPS) is 16.3. The number of furan rings is 1. The highest BCUT2D eigenvalue weighted by Crippen LogP contribution is 2.42. The molecule has 4 aromatic rings. The van der Waals surface area contributed by atoms with Gasteiger partial charge in [-0.3, -0.25) is 9.10 Å². The van der Waals surface area contributed by atoms with Gasteiger partial charge in [-0.25, -0.2) is 25.5 Å². The van der Waals surface area contributed by atoms with Crippen molar-refractivity contribution in [2.24, 2.45) is 0 Å². The van der Waals surface area contributed by atoms with Gasteiger partial charge in [-0.05, 0) is 66.6 Å². The number of amides is 1. The molecule has 1 amide bonds. The first kappa shape index (κ1) is 30.7. The fraction of sp³-hybridized carbons (Fsp3) is 0.323. The number of carbonyl (C=O) groups excluding carboxylic acids is 1. The molecular weight excluding hydrogens is 593 g/mol. The number of fused-ring (bicyclic) bond motifs is 1. The van der Waals surface area contributed by atoms with Crippen molar-refractivity contribution in [1.82, 2.24) is 9.62 Å². The Morgan fingerprint density at radius 1 is 1.07 bits per heavy atom. The Morgan fingerprint density at radius 2 is 1.77 bits per heavy atom. The second kappa shape index (κ2) is 12.1. The third-order valence-electron chi connectivity index (χ3n) is 7.94. The summed E-state index contributed by atoms with van der Waals surface area (Å²) in [5.41, 5.74) is 2.84. The van der Waals surface area contributed by atoms with Crippen LogP contribution in [0.2, 0.25) is 0 Å². The SMILES string of the molecule is CNC(=O)c1c(-c2ccc(F)cc2)oc2cc(N(C)S(C)(=O)=O)c([C@H]3CCCN(S(=O)(=O)CCc4ccccc4)C3)cc12. The molecule has 1 aromatic heterocycles. The van der Waals surface area contributed by atoms with Gasteiger partial charge in [0.2, 0.25) is 20.0 Å². The Labute approximate surface area is 251 Å². The fourth-order valence-electron chi connectivity index (χ4n) is 5.55. The Hall–Kier alpha value is -3.74. The van der Waals surface area contributed by atoms with E-state index in [2.05, 4.69) is 5.32 Å². The second-order valence-corrected chi connectivity index (χ2v) is 14.9. The van der Waals surface area contributed by atoms with Crippen molar-refractivity contribution < 1.29 is 30.4 Å². The van der Waals surface area contributed by atoms with Crippen LogP contribution in [0.3, 0.4) is 0 Å². The molecule has 0 saturated carbocycles. The van der Waals surface area contributed by atoms with Gasteiger partial charge in [0.25, 0.3) is 5.91 Å². The fourth-order valence-corrected chi connectivity index (χ4v) is 7.63. The van der Waals surface area contributed by atoms with E-state index in [-0.39, 0.29) is 35.1 Å². The molecule has 1 N–H and O–H groups in total. The van der Waals surface area contributed by atoms with Gasteiger partial charge in [0.05, 0.1) is 23.3 Å². The summed E-state index contributed by atoms with van der Waals surface area (Å²) in [7, 11) is -4.39. The van der Waals surface area contributed by atoms with Crippen LogP contribution in [0.1, 0.15) is 40.2 Å². The highest BCUT2D eigenvalue weighted by atomic mass is 32.2. The number of benzene rings is 3. The zero-order valence-corrected chi connectivity index (χ0v) is 25.8. The zero-order chi connectivity index (χ0) is 30.9. The number of hydrogen-bond donors (Lipinski definition) is 1. The predicted octanol–water partition coefficient (Wildman–Crippen LogP) is 4.75. The standard InChI is InChI=1S/C31H34FN3O6S2/c1-33-31(36)29-26-18-25(23-10-7-16-35(20-23)43(39,40)17-15-21-8-5-4-6-9-21)27(34(2)42(3,37)38)19-28(26)41-30(29)22-11-13-24(32)14-12-22/h4-6,8-9,11-14,18-19,23H,7,10,15-17,20H2,1-3H3,(H,33,36)/t23-/m0/s1. The van der Waals surface area contributed by atoms with Gasteiger partial charge in [-0.15, -0.1) is 0 Å². The molecule has 43 heavy (non-hydrogen) atoms. The minimum Gasteiger partial charge on any atom is -0.455 e.